The second kappa shape index (κ2) is 5.67. The molecular weight excluding hydrogens is 284 g/mol. The molecular formula is C15H16N4O3. The maximum Gasteiger partial charge on any atom is 0.368 e. The van der Waals surface area contributed by atoms with Crippen LogP contribution in [-0.4, -0.2) is 35.8 Å². The summed E-state index contributed by atoms with van der Waals surface area (Å²) in [5.74, 6) is -0.121. The third-order valence-electron chi connectivity index (χ3n) is 3.99. The van der Waals surface area contributed by atoms with Crippen LogP contribution in [0.15, 0.2) is 28.2 Å². The Kier molecular flexibility index (Phi) is 3.70. The lowest BCUT2D eigenvalue weighted by atomic mass is 9.96. The molecule has 1 N–H and O–H groups in total. The SMILES string of the molecule is CC(=O)N1CCC(C(=O)Nc2ccc3c(c2)=NC(=O)N=3)CC1. The lowest BCUT2D eigenvalue weighted by Gasteiger charge is -2.30. The van der Waals surface area contributed by atoms with E-state index in [1.54, 1.807) is 30.0 Å². The summed E-state index contributed by atoms with van der Waals surface area (Å²) in [4.78, 5) is 43.9. The van der Waals surface area contributed by atoms with Crippen molar-refractivity contribution < 1.29 is 14.4 Å². The molecule has 2 aliphatic rings. The van der Waals surface area contributed by atoms with Crippen molar-refractivity contribution in [3.63, 3.8) is 0 Å². The van der Waals surface area contributed by atoms with Gasteiger partial charge in [-0.2, -0.15) is 9.98 Å². The van der Waals surface area contributed by atoms with E-state index in [0.717, 1.165) is 0 Å². The summed E-state index contributed by atoms with van der Waals surface area (Å²) in [6.45, 7) is 2.77. The molecule has 1 aromatic carbocycles. The molecule has 3 rings (SSSR count). The number of likely N-dealkylation sites (tertiary alicyclic amines) is 1. The summed E-state index contributed by atoms with van der Waals surface area (Å²) in [7, 11) is 0. The van der Waals surface area contributed by atoms with Gasteiger partial charge in [-0.25, -0.2) is 4.79 Å². The van der Waals surface area contributed by atoms with E-state index in [2.05, 4.69) is 15.3 Å². The van der Waals surface area contributed by atoms with Crippen LogP contribution in [0.4, 0.5) is 10.5 Å². The summed E-state index contributed by atoms with van der Waals surface area (Å²) in [5.41, 5.74) is 0.603. The normalized spacial score (nSPS) is 17.5. The van der Waals surface area contributed by atoms with E-state index in [9.17, 15) is 14.4 Å². The Balaban J connectivity index is 1.65. The maximum atomic E-state index is 12.3. The minimum Gasteiger partial charge on any atom is -0.343 e. The average Bonchev–Trinajstić information content (AvgIpc) is 2.86. The lowest BCUT2D eigenvalue weighted by Crippen LogP contribution is -2.40. The van der Waals surface area contributed by atoms with Gasteiger partial charge in [0.15, 0.2) is 0 Å². The van der Waals surface area contributed by atoms with Crippen molar-refractivity contribution in [2.24, 2.45) is 15.9 Å². The van der Waals surface area contributed by atoms with Gasteiger partial charge in [-0.05, 0) is 31.0 Å². The van der Waals surface area contributed by atoms with Crippen molar-refractivity contribution in [1.82, 2.24) is 4.90 Å². The average molecular weight is 300 g/mol. The highest BCUT2D eigenvalue weighted by molar-refractivity contribution is 5.92. The summed E-state index contributed by atoms with van der Waals surface area (Å²) in [6.07, 6.45) is 1.32. The van der Waals surface area contributed by atoms with Gasteiger partial charge in [0.2, 0.25) is 11.8 Å². The fraction of sp³-hybridized carbons (Fsp3) is 0.400. The van der Waals surface area contributed by atoms with Gasteiger partial charge in [0.25, 0.3) is 0 Å². The van der Waals surface area contributed by atoms with E-state index < -0.39 is 6.03 Å². The molecule has 0 aromatic heterocycles. The monoisotopic (exact) mass is 300 g/mol. The number of piperidine rings is 1. The van der Waals surface area contributed by atoms with Gasteiger partial charge in [-0.3, -0.25) is 9.59 Å². The summed E-state index contributed by atoms with van der Waals surface area (Å²) >= 11 is 0. The molecule has 1 fully saturated rings. The predicted octanol–water partition coefficient (Wildman–Crippen LogP) is 0.256. The summed E-state index contributed by atoms with van der Waals surface area (Å²) < 4.78 is 0. The standard InChI is InChI=1S/C15H16N4O3/c1-9(20)19-6-4-10(5-7-19)14(21)16-11-2-3-12-13(8-11)18-15(22)17-12/h2-3,8,10H,4-7H2,1H3,(H,16,21). The quantitative estimate of drug-likeness (QED) is 0.849. The molecule has 0 saturated carbocycles. The molecule has 1 aromatic rings. The van der Waals surface area contributed by atoms with Crippen LogP contribution in [0.5, 0.6) is 0 Å². The van der Waals surface area contributed by atoms with Crippen LogP contribution in [0.25, 0.3) is 0 Å². The number of carbonyl (C=O) groups is 3. The van der Waals surface area contributed by atoms with Crippen molar-refractivity contribution in [2.45, 2.75) is 19.8 Å². The summed E-state index contributed by atoms with van der Waals surface area (Å²) in [6, 6.07) is 4.50. The molecule has 114 valence electrons. The van der Waals surface area contributed by atoms with E-state index in [4.69, 9.17) is 0 Å². The Morgan fingerprint density at radius 1 is 1.18 bits per heavy atom. The first-order chi connectivity index (χ1) is 10.5. The Morgan fingerprint density at radius 2 is 1.86 bits per heavy atom. The third-order valence-corrected chi connectivity index (χ3v) is 3.99. The fourth-order valence-electron chi connectivity index (χ4n) is 2.72. The number of nitrogens with one attached hydrogen (secondary N) is 1. The van der Waals surface area contributed by atoms with Gasteiger partial charge in [-0.15, -0.1) is 0 Å². The molecule has 7 nitrogen and oxygen atoms in total. The van der Waals surface area contributed by atoms with Crippen LogP contribution in [-0.2, 0) is 9.59 Å². The van der Waals surface area contributed by atoms with Crippen molar-refractivity contribution in [2.75, 3.05) is 18.4 Å². The molecule has 2 aliphatic heterocycles. The van der Waals surface area contributed by atoms with Gasteiger partial charge in [-0.1, -0.05) is 0 Å². The molecule has 7 heteroatoms. The Hall–Kier alpha value is -2.57. The lowest BCUT2D eigenvalue weighted by molar-refractivity contribution is -0.132. The van der Waals surface area contributed by atoms with Crippen LogP contribution in [0.3, 0.4) is 0 Å². The van der Waals surface area contributed by atoms with Crippen LogP contribution in [0.1, 0.15) is 19.8 Å². The zero-order valence-corrected chi connectivity index (χ0v) is 12.2. The first-order valence-electron chi connectivity index (χ1n) is 7.21. The van der Waals surface area contributed by atoms with Crippen LogP contribution in [0.2, 0.25) is 0 Å². The first-order valence-corrected chi connectivity index (χ1v) is 7.21. The molecule has 0 aliphatic carbocycles. The summed E-state index contributed by atoms with van der Waals surface area (Å²) in [5, 5.41) is 3.85. The van der Waals surface area contributed by atoms with Gasteiger partial charge in [0.05, 0.1) is 10.7 Å². The van der Waals surface area contributed by atoms with Crippen molar-refractivity contribution >= 4 is 23.5 Å². The number of benzene rings is 1. The molecule has 0 unspecified atom stereocenters. The molecule has 1 saturated heterocycles. The number of anilines is 1. The van der Waals surface area contributed by atoms with E-state index >= 15 is 0 Å². The first kappa shape index (κ1) is 14.4. The van der Waals surface area contributed by atoms with E-state index in [1.807, 2.05) is 0 Å². The van der Waals surface area contributed by atoms with E-state index in [-0.39, 0.29) is 17.7 Å². The number of urea groups is 1. The Bertz CT molecular complexity index is 763. The zero-order valence-electron chi connectivity index (χ0n) is 12.2. The van der Waals surface area contributed by atoms with Gasteiger partial charge >= 0.3 is 6.03 Å². The predicted molar refractivity (Wildman–Crippen MR) is 77.8 cm³/mol. The smallest absolute Gasteiger partial charge is 0.343 e. The van der Waals surface area contributed by atoms with E-state index in [1.165, 1.54) is 0 Å². The van der Waals surface area contributed by atoms with E-state index in [0.29, 0.717) is 42.3 Å². The Labute approximate surface area is 126 Å². The fourth-order valence-corrected chi connectivity index (χ4v) is 2.72. The molecule has 22 heavy (non-hydrogen) atoms. The number of hydrogen-bond acceptors (Lipinski definition) is 3. The van der Waals surface area contributed by atoms with Crippen LogP contribution >= 0.6 is 0 Å². The highest BCUT2D eigenvalue weighted by atomic mass is 16.2. The van der Waals surface area contributed by atoms with Crippen molar-refractivity contribution in [1.29, 1.82) is 0 Å². The largest absolute Gasteiger partial charge is 0.368 e. The highest BCUT2D eigenvalue weighted by Crippen LogP contribution is 2.19. The number of fused-ring (bicyclic) bond motifs is 1. The number of rotatable bonds is 2. The minimum absolute atomic E-state index is 0.0486. The number of hydrogen-bond donors (Lipinski definition) is 1. The van der Waals surface area contributed by atoms with Crippen molar-refractivity contribution in [3.8, 4) is 0 Å². The second-order valence-electron chi connectivity index (χ2n) is 5.48. The maximum absolute atomic E-state index is 12.3. The minimum atomic E-state index is -0.518. The van der Waals surface area contributed by atoms with Crippen LogP contribution in [0, 0.1) is 5.92 Å². The Morgan fingerprint density at radius 3 is 2.55 bits per heavy atom. The number of nitrogens with zero attached hydrogens (tertiary/aromatic N) is 3. The molecule has 4 amide bonds. The second-order valence-corrected chi connectivity index (χ2v) is 5.48. The van der Waals surface area contributed by atoms with Gasteiger partial charge < -0.3 is 10.2 Å². The third kappa shape index (κ3) is 2.88. The molecule has 2 heterocycles. The van der Waals surface area contributed by atoms with Gasteiger partial charge in [0, 0.05) is 31.6 Å². The molecule has 0 atom stereocenters. The van der Waals surface area contributed by atoms with Crippen molar-refractivity contribution in [3.05, 3.63) is 28.9 Å². The molecule has 0 bridgehead atoms. The van der Waals surface area contributed by atoms with Gasteiger partial charge in [0.1, 0.15) is 0 Å². The zero-order chi connectivity index (χ0) is 15.7. The molecule has 0 spiro atoms. The molecule has 0 radical (unpaired) electrons. The number of carbonyl (C=O) groups excluding carboxylic acids is 3. The number of amides is 4. The highest BCUT2D eigenvalue weighted by Gasteiger charge is 2.26. The topological polar surface area (TPSA) is 91.2 Å². The van der Waals surface area contributed by atoms with Crippen LogP contribution < -0.4 is 16.0 Å².